The fraction of sp³-hybridized carbons (Fsp3) is 0.250. The standard InChI is InChI=1S/C12H13N3O2S/c1-15(6-12(16)17-2)11-5-10(13-8-14-11)9-3-4-18-7-9/h3-5,7-8H,6H2,1-2H3. The van der Waals surface area contributed by atoms with Gasteiger partial charge in [0.15, 0.2) is 0 Å². The largest absolute Gasteiger partial charge is 0.468 e. The number of nitrogens with zero attached hydrogens (tertiary/aromatic N) is 3. The summed E-state index contributed by atoms with van der Waals surface area (Å²) in [6.07, 6.45) is 1.50. The molecule has 0 spiro atoms. The van der Waals surface area contributed by atoms with Crippen LogP contribution in [-0.2, 0) is 9.53 Å². The van der Waals surface area contributed by atoms with Crippen molar-refractivity contribution in [3.63, 3.8) is 0 Å². The van der Waals surface area contributed by atoms with Crippen LogP contribution in [0.15, 0.2) is 29.2 Å². The quantitative estimate of drug-likeness (QED) is 0.787. The van der Waals surface area contributed by atoms with E-state index in [9.17, 15) is 4.79 Å². The van der Waals surface area contributed by atoms with E-state index in [1.807, 2.05) is 22.9 Å². The van der Waals surface area contributed by atoms with Gasteiger partial charge in [0.25, 0.3) is 0 Å². The molecule has 2 heterocycles. The third-order valence-corrected chi connectivity index (χ3v) is 3.14. The lowest BCUT2D eigenvalue weighted by atomic mass is 10.2. The maximum absolute atomic E-state index is 11.2. The lowest BCUT2D eigenvalue weighted by Crippen LogP contribution is -2.27. The van der Waals surface area contributed by atoms with Crippen molar-refractivity contribution < 1.29 is 9.53 Å². The summed E-state index contributed by atoms with van der Waals surface area (Å²) < 4.78 is 4.62. The fourth-order valence-corrected chi connectivity index (χ4v) is 2.11. The second-order valence-electron chi connectivity index (χ2n) is 3.71. The molecular weight excluding hydrogens is 250 g/mol. The van der Waals surface area contributed by atoms with E-state index in [0.29, 0.717) is 5.82 Å². The zero-order valence-electron chi connectivity index (χ0n) is 10.2. The van der Waals surface area contributed by atoms with Crippen molar-refractivity contribution >= 4 is 23.1 Å². The molecule has 0 aliphatic carbocycles. The zero-order valence-corrected chi connectivity index (χ0v) is 11.0. The summed E-state index contributed by atoms with van der Waals surface area (Å²) in [5.74, 6) is 0.393. The molecule has 0 radical (unpaired) electrons. The van der Waals surface area contributed by atoms with Crippen LogP contribution in [0.2, 0.25) is 0 Å². The number of aromatic nitrogens is 2. The molecule has 94 valence electrons. The Hall–Kier alpha value is -1.95. The monoisotopic (exact) mass is 263 g/mol. The Labute approximate surface area is 109 Å². The summed E-state index contributed by atoms with van der Waals surface area (Å²) in [6, 6.07) is 3.85. The van der Waals surface area contributed by atoms with Gasteiger partial charge in [-0.05, 0) is 11.4 Å². The molecule has 0 unspecified atom stereocenters. The van der Waals surface area contributed by atoms with Crippen molar-refractivity contribution in [2.75, 3.05) is 25.6 Å². The van der Waals surface area contributed by atoms with Crippen LogP contribution in [-0.4, -0.2) is 36.6 Å². The van der Waals surface area contributed by atoms with Crippen LogP contribution in [0.4, 0.5) is 5.82 Å². The number of carbonyl (C=O) groups excluding carboxylic acids is 1. The summed E-state index contributed by atoms with van der Waals surface area (Å²) >= 11 is 1.61. The minimum absolute atomic E-state index is 0.163. The van der Waals surface area contributed by atoms with Gasteiger partial charge in [-0.2, -0.15) is 11.3 Å². The Morgan fingerprint density at radius 3 is 3.00 bits per heavy atom. The average Bonchev–Trinajstić information content (AvgIpc) is 2.92. The molecule has 6 heteroatoms. The fourth-order valence-electron chi connectivity index (χ4n) is 1.46. The normalized spacial score (nSPS) is 10.1. The molecule has 0 saturated carbocycles. The second-order valence-corrected chi connectivity index (χ2v) is 4.49. The van der Waals surface area contributed by atoms with E-state index in [2.05, 4.69) is 14.7 Å². The first kappa shape index (κ1) is 12.5. The Kier molecular flexibility index (Phi) is 3.88. The number of thiophene rings is 1. The van der Waals surface area contributed by atoms with Crippen molar-refractivity contribution in [2.45, 2.75) is 0 Å². The molecule has 0 aromatic carbocycles. The van der Waals surface area contributed by atoms with Gasteiger partial charge in [0.05, 0.1) is 12.8 Å². The van der Waals surface area contributed by atoms with E-state index in [0.717, 1.165) is 11.3 Å². The molecule has 0 fully saturated rings. The van der Waals surface area contributed by atoms with E-state index < -0.39 is 0 Å². The number of ether oxygens (including phenoxy) is 1. The Morgan fingerprint density at radius 2 is 2.33 bits per heavy atom. The number of esters is 1. The molecule has 2 aromatic rings. The molecule has 0 amide bonds. The van der Waals surface area contributed by atoms with Crippen LogP contribution in [0.1, 0.15) is 0 Å². The highest BCUT2D eigenvalue weighted by atomic mass is 32.1. The Balaban J connectivity index is 2.19. The van der Waals surface area contributed by atoms with E-state index in [-0.39, 0.29) is 12.5 Å². The average molecular weight is 263 g/mol. The summed E-state index contributed by atoms with van der Waals surface area (Å²) in [4.78, 5) is 21.3. The smallest absolute Gasteiger partial charge is 0.325 e. The molecule has 0 atom stereocenters. The second kappa shape index (κ2) is 5.59. The molecule has 0 aliphatic rings. The van der Waals surface area contributed by atoms with Crippen molar-refractivity contribution in [2.24, 2.45) is 0 Å². The number of likely N-dealkylation sites (N-methyl/N-ethyl adjacent to an activating group) is 1. The van der Waals surface area contributed by atoms with Crippen LogP contribution in [0.25, 0.3) is 11.3 Å². The van der Waals surface area contributed by atoms with E-state index in [1.165, 1.54) is 13.4 Å². The molecule has 5 nitrogen and oxygen atoms in total. The van der Waals surface area contributed by atoms with Crippen LogP contribution in [0.3, 0.4) is 0 Å². The zero-order chi connectivity index (χ0) is 13.0. The molecule has 0 N–H and O–H groups in total. The number of rotatable bonds is 4. The predicted molar refractivity (Wildman–Crippen MR) is 70.6 cm³/mol. The maximum Gasteiger partial charge on any atom is 0.325 e. The molecule has 2 rings (SSSR count). The minimum Gasteiger partial charge on any atom is -0.468 e. The molecule has 0 aliphatic heterocycles. The number of carbonyl (C=O) groups is 1. The number of hydrogen-bond donors (Lipinski definition) is 0. The van der Waals surface area contributed by atoms with Gasteiger partial charge in [0.2, 0.25) is 0 Å². The van der Waals surface area contributed by atoms with Gasteiger partial charge in [0, 0.05) is 24.1 Å². The lowest BCUT2D eigenvalue weighted by Gasteiger charge is -2.16. The van der Waals surface area contributed by atoms with Crippen LogP contribution in [0.5, 0.6) is 0 Å². The molecule has 18 heavy (non-hydrogen) atoms. The van der Waals surface area contributed by atoms with Crippen molar-refractivity contribution in [3.05, 3.63) is 29.2 Å². The van der Waals surface area contributed by atoms with Gasteiger partial charge in [-0.15, -0.1) is 0 Å². The van der Waals surface area contributed by atoms with Gasteiger partial charge < -0.3 is 9.64 Å². The topological polar surface area (TPSA) is 55.3 Å². The minimum atomic E-state index is -0.298. The van der Waals surface area contributed by atoms with E-state index in [4.69, 9.17) is 0 Å². The molecule has 0 saturated heterocycles. The summed E-state index contributed by atoms with van der Waals surface area (Å²) in [6.45, 7) is 0.163. The van der Waals surface area contributed by atoms with Crippen LogP contribution in [0, 0.1) is 0 Å². The van der Waals surface area contributed by atoms with Gasteiger partial charge in [0.1, 0.15) is 18.7 Å². The highest BCUT2D eigenvalue weighted by Crippen LogP contribution is 2.22. The lowest BCUT2D eigenvalue weighted by molar-refractivity contribution is -0.138. The number of anilines is 1. The van der Waals surface area contributed by atoms with Gasteiger partial charge >= 0.3 is 5.97 Å². The highest BCUT2D eigenvalue weighted by Gasteiger charge is 2.10. The predicted octanol–water partition coefficient (Wildman–Crippen LogP) is 1.81. The first-order valence-electron chi connectivity index (χ1n) is 5.33. The van der Waals surface area contributed by atoms with Crippen LogP contribution >= 0.6 is 11.3 Å². The molecular formula is C12H13N3O2S. The van der Waals surface area contributed by atoms with E-state index >= 15 is 0 Å². The third-order valence-electron chi connectivity index (χ3n) is 2.45. The summed E-state index contributed by atoms with van der Waals surface area (Å²) in [5, 5.41) is 4.02. The van der Waals surface area contributed by atoms with Crippen molar-refractivity contribution in [1.82, 2.24) is 9.97 Å². The first-order valence-corrected chi connectivity index (χ1v) is 6.27. The molecule has 2 aromatic heterocycles. The van der Waals surface area contributed by atoms with Gasteiger partial charge in [-0.1, -0.05) is 0 Å². The molecule has 0 bridgehead atoms. The summed E-state index contributed by atoms with van der Waals surface area (Å²) in [5.41, 5.74) is 1.90. The van der Waals surface area contributed by atoms with Crippen molar-refractivity contribution in [1.29, 1.82) is 0 Å². The van der Waals surface area contributed by atoms with Crippen molar-refractivity contribution in [3.8, 4) is 11.3 Å². The summed E-state index contributed by atoms with van der Waals surface area (Å²) in [7, 11) is 3.16. The Morgan fingerprint density at radius 1 is 1.50 bits per heavy atom. The first-order chi connectivity index (χ1) is 8.70. The van der Waals surface area contributed by atoms with E-state index in [1.54, 1.807) is 23.3 Å². The SMILES string of the molecule is COC(=O)CN(C)c1cc(-c2ccsc2)ncn1. The van der Waals surface area contributed by atoms with Gasteiger partial charge in [-0.25, -0.2) is 9.97 Å². The maximum atomic E-state index is 11.2. The number of hydrogen-bond acceptors (Lipinski definition) is 6. The number of methoxy groups -OCH3 is 1. The van der Waals surface area contributed by atoms with Crippen LogP contribution < -0.4 is 4.90 Å². The Bertz CT molecular complexity index is 528. The highest BCUT2D eigenvalue weighted by molar-refractivity contribution is 7.08. The third kappa shape index (κ3) is 2.84. The van der Waals surface area contributed by atoms with Gasteiger partial charge in [-0.3, -0.25) is 4.79 Å².